The standard InChI is InChI=1S/C18H31N3/c1-13(2)14-6-8-15(9-7-14)17-19-11-10-16(21-17)12-20-18(3,4)5/h10-11,13-15,20H,6-9,12H2,1-5H3. The quantitative estimate of drug-likeness (QED) is 0.898. The molecule has 118 valence electrons. The Balaban J connectivity index is 1.95. The summed E-state index contributed by atoms with van der Waals surface area (Å²) in [5.41, 5.74) is 1.24. The van der Waals surface area contributed by atoms with Crippen molar-refractivity contribution >= 4 is 0 Å². The molecule has 0 amide bonds. The smallest absolute Gasteiger partial charge is 0.131 e. The van der Waals surface area contributed by atoms with Crippen molar-refractivity contribution in [2.45, 2.75) is 78.3 Å². The number of nitrogens with zero attached hydrogens (tertiary/aromatic N) is 2. The fraction of sp³-hybridized carbons (Fsp3) is 0.778. The molecule has 1 aliphatic carbocycles. The summed E-state index contributed by atoms with van der Waals surface area (Å²) in [6.45, 7) is 12.1. The van der Waals surface area contributed by atoms with E-state index in [4.69, 9.17) is 4.98 Å². The molecule has 0 bridgehead atoms. The molecule has 1 N–H and O–H groups in total. The summed E-state index contributed by atoms with van der Waals surface area (Å²) in [4.78, 5) is 9.33. The Hall–Kier alpha value is -0.960. The third kappa shape index (κ3) is 5.06. The second kappa shape index (κ2) is 6.87. The molecule has 1 aromatic heterocycles. The van der Waals surface area contributed by atoms with Crippen LogP contribution in [0, 0.1) is 11.8 Å². The summed E-state index contributed by atoms with van der Waals surface area (Å²) < 4.78 is 0. The number of hydrogen-bond donors (Lipinski definition) is 1. The predicted molar refractivity (Wildman–Crippen MR) is 88.2 cm³/mol. The van der Waals surface area contributed by atoms with Crippen LogP contribution in [0.3, 0.4) is 0 Å². The van der Waals surface area contributed by atoms with Crippen molar-refractivity contribution in [2.24, 2.45) is 11.8 Å². The Bertz CT molecular complexity index is 440. The maximum Gasteiger partial charge on any atom is 0.131 e. The predicted octanol–water partition coefficient (Wildman–Crippen LogP) is 4.29. The van der Waals surface area contributed by atoms with Crippen molar-refractivity contribution in [3.63, 3.8) is 0 Å². The van der Waals surface area contributed by atoms with Gasteiger partial charge in [-0.3, -0.25) is 0 Å². The molecular weight excluding hydrogens is 258 g/mol. The first-order valence-electron chi connectivity index (χ1n) is 8.42. The molecule has 1 fully saturated rings. The zero-order valence-corrected chi connectivity index (χ0v) is 14.3. The average Bonchev–Trinajstić information content (AvgIpc) is 2.45. The monoisotopic (exact) mass is 289 g/mol. The van der Waals surface area contributed by atoms with E-state index < -0.39 is 0 Å². The summed E-state index contributed by atoms with van der Waals surface area (Å²) in [5.74, 6) is 3.33. The molecule has 1 saturated carbocycles. The summed E-state index contributed by atoms with van der Waals surface area (Å²) >= 11 is 0. The van der Waals surface area contributed by atoms with Crippen LogP contribution in [0.2, 0.25) is 0 Å². The van der Waals surface area contributed by atoms with Gasteiger partial charge in [-0.25, -0.2) is 9.97 Å². The highest BCUT2D eigenvalue weighted by Gasteiger charge is 2.25. The van der Waals surface area contributed by atoms with Crippen molar-refractivity contribution in [2.75, 3.05) is 0 Å². The zero-order valence-electron chi connectivity index (χ0n) is 14.3. The van der Waals surface area contributed by atoms with Crippen LogP contribution < -0.4 is 5.32 Å². The highest BCUT2D eigenvalue weighted by Crippen LogP contribution is 2.37. The Kier molecular flexibility index (Phi) is 5.37. The van der Waals surface area contributed by atoms with E-state index in [1.807, 2.05) is 12.3 Å². The van der Waals surface area contributed by atoms with Crippen molar-refractivity contribution < 1.29 is 0 Å². The van der Waals surface area contributed by atoms with Crippen LogP contribution in [0.1, 0.15) is 77.7 Å². The van der Waals surface area contributed by atoms with Crippen LogP contribution >= 0.6 is 0 Å². The minimum absolute atomic E-state index is 0.125. The lowest BCUT2D eigenvalue weighted by atomic mass is 9.77. The molecule has 1 aromatic rings. The Labute approximate surface area is 130 Å². The second-order valence-electron chi connectivity index (χ2n) is 7.87. The third-order valence-corrected chi connectivity index (χ3v) is 4.61. The highest BCUT2D eigenvalue weighted by molar-refractivity contribution is 5.07. The topological polar surface area (TPSA) is 37.8 Å². The molecular formula is C18H31N3. The van der Waals surface area contributed by atoms with Gasteiger partial charge in [0, 0.05) is 24.2 Å². The van der Waals surface area contributed by atoms with Crippen molar-refractivity contribution in [3.05, 3.63) is 23.8 Å². The van der Waals surface area contributed by atoms with Crippen LogP contribution in [0.4, 0.5) is 0 Å². The minimum atomic E-state index is 0.125. The summed E-state index contributed by atoms with van der Waals surface area (Å²) in [6.07, 6.45) is 7.08. The van der Waals surface area contributed by atoms with Crippen LogP contribution in [0.5, 0.6) is 0 Å². The SMILES string of the molecule is CC(C)C1CCC(c2nccc(CNC(C)(C)C)n2)CC1. The lowest BCUT2D eigenvalue weighted by molar-refractivity contribution is 0.254. The Morgan fingerprint density at radius 3 is 2.43 bits per heavy atom. The van der Waals surface area contributed by atoms with Gasteiger partial charge in [0.25, 0.3) is 0 Å². The molecule has 3 nitrogen and oxygen atoms in total. The normalized spacial score (nSPS) is 23.5. The molecule has 3 heteroatoms. The minimum Gasteiger partial charge on any atom is -0.306 e. The van der Waals surface area contributed by atoms with E-state index in [1.54, 1.807) is 0 Å². The van der Waals surface area contributed by atoms with Crippen LogP contribution in [0.25, 0.3) is 0 Å². The van der Waals surface area contributed by atoms with E-state index in [1.165, 1.54) is 25.7 Å². The molecule has 1 aliphatic rings. The van der Waals surface area contributed by atoms with Gasteiger partial charge < -0.3 is 5.32 Å². The van der Waals surface area contributed by atoms with Gasteiger partial charge in [-0.15, -0.1) is 0 Å². The number of aromatic nitrogens is 2. The van der Waals surface area contributed by atoms with Gasteiger partial charge in [-0.2, -0.15) is 0 Å². The largest absolute Gasteiger partial charge is 0.306 e. The summed E-state index contributed by atoms with van der Waals surface area (Å²) in [5, 5.41) is 3.50. The maximum absolute atomic E-state index is 4.80. The van der Waals surface area contributed by atoms with Crippen molar-refractivity contribution in [1.29, 1.82) is 0 Å². The zero-order chi connectivity index (χ0) is 15.5. The first-order valence-corrected chi connectivity index (χ1v) is 8.42. The molecule has 0 unspecified atom stereocenters. The molecule has 0 aliphatic heterocycles. The first-order chi connectivity index (χ1) is 9.85. The molecule has 0 saturated heterocycles. The lowest BCUT2D eigenvalue weighted by Crippen LogP contribution is -2.35. The highest BCUT2D eigenvalue weighted by atomic mass is 15.0. The number of hydrogen-bond acceptors (Lipinski definition) is 3. The first kappa shape index (κ1) is 16.4. The third-order valence-electron chi connectivity index (χ3n) is 4.61. The average molecular weight is 289 g/mol. The van der Waals surface area contributed by atoms with Gasteiger partial charge >= 0.3 is 0 Å². The van der Waals surface area contributed by atoms with E-state index in [0.717, 1.165) is 29.9 Å². The molecule has 1 heterocycles. The van der Waals surface area contributed by atoms with Gasteiger partial charge in [0.1, 0.15) is 5.82 Å². The van der Waals surface area contributed by atoms with E-state index in [2.05, 4.69) is 44.9 Å². The van der Waals surface area contributed by atoms with Gasteiger partial charge in [0.2, 0.25) is 0 Å². The van der Waals surface area contributed by atoms with Gasteiger partial charge in [0.05, 0.1) is 5.69 Å². The van der Waals surface area contributed by atoms with Crippen LogP contribution in [-0.4, -0.2) is 15.5 Å². The van der Waals surface area contributed by atoms with E-state index in [-0.39, 0.29) is 5.54 Å². The van der Waals surface area contributed by atoms with Crippen molar-refractivity contribution in [3.8, 4) is 0 Å². The Morgan fingerprint density at radius 2 is 1.86 bits per heavy atom. The van der Waals surface area contributed by atoms with Gasteiger partial charge in [0.15, 0.2) is 0 Å². The Morgan fingerprint density at radius 1 is 1.19 bits per heavy atom. The fourth-order valence-electron chi connectivity index (χ4n) is 3.11. The molecule has 0 spiro atoms. The fourth-order valence-corrected chi connectivity index (χ4v) is 3.11. The number of nitrogens with one attached hydrogen (secondary N) is 1. The number of rotatable bonds is 4. The molecule has 0 radical (unpaired) electrons. The van der Waals surface area contributed by atoms with Gasteiger partial charge in [-0.1, -0.05) is 13.8 Å². The van der Waals surface area contributed by atoms with E-state index in [0.29, 0.717) is 5.92 Å². The maximum atomic E-state index is 4.80. The van der Waals surface area contributed by atoms with Crippen LogP contribution in [0.15, 0.2) is 12.3 Å². The van der Waals surface area contributed by atoms with Crippen LogP contribution in [-0.2, 0) is 6.54 Å². The molecule has 0 aromatic carbocycles. The molecule has 21 heavy (non-hydrogen) atoms. The van der Waals surface area contributed by atoms with E-state index >= 15 is 0 Å². The summed E-state index contributed by atoms with van der Waals surface area (Å²) in [7, 11) is 0. The molecule has 2 rings (SSSR count). The van der Waals surface area contributed by atoms with Gasteiger partial charge in [-0.05, 0) is 64.4 Å². The lowest BCUT2D eigenvalue weighted by Gasteiger charge is -2.30. The van der Waals surface area contributed by atoms with E-state index in [9.17, 15) is 0 Å². The molecule has 0 atom stereocenters. The van der Waals surface area contributed by atoms with Crippen molar-refractivity contribution in [1.82, 2.24) is 15.3 Å². The summed E-state index contributed by atoms with van der Waals surface area (Å²) in [6, 6.07) is 2.03. The second-order valence-corrected chi connectivity index (χ2v) is 7.87.